The minimum absolute atomic E-state index is 0.0596. The molecule has 2 saturated heterocycles. The fourth-order valence-corrected chi connectivity index (χ4v) is 7.30. The van der Waals surface area contributed by atoms with Crippen LogP contribution in [0.3, 0.4) is 0 Å². The molecule has 0 spiro atoms. The number of amides is 1. The zero-order chi connectivity index (χ0) is 29.5. The maximum absolute atomic E-state index is 16.6. The maximum Gasteiger partial charge on any atom is 0.410 e. The molecule has 4 atom stereocenters. The van der Waals surface area contributed by atoms with Gasteiger partial charge < -0.3 is 14.4 Å². The van der Waals surface area contributed by atoms with Gasteiger partial charge >= 0.3 is 6.09 Å². The second-order valence-electron chi connectivity index (χ2n) is 12.0. The number of thioether (sulfide) groups is 1. The molecule has 2 fully saturated rings. The lowest BCUT2D eigenvalue weighted by atomic mass is 9.98. The average Bonchev–Trinajstić information content (AvgIpc) is 3.19. The normalized spacial score (nSPS) is 23.1. The van der Waals surface area contributed by atoms with Crippen molar-refractivity contribution < 1.29 is 18.7 Å². The van der Waals surface area contributed by atoms with Crippen molar-refractivity contribution in [3.63, 3.8) is 0 Å². The van der Waals surface area contributed by atoms with Gasteiger partial charge in [-0.2, -0.15) is 0 Å². The van der Waals surface area contributed by atoms with E-state index < -0.39 is 17.5 Å². The Morgan fingerprint density at radius 1 is 1.17 bits per heavy atom. The first-order valence-corrected chi connectivity index (χ1v) is 15.6. The summed E-state index contributed by atoms with van der Waals surface area (Å²) < 4.78 is 29.0. The van der Waals surface area contributed by atoms with Crippen molar-refractivity contribution in [3.05, 3.63) is 41.4 Å². The Bertz CT molecular complexity index is 1760. The molecule has 42 heavy (non-hydrogen) atoms. The molecule has 2 bridgehead atoms. The van der Waals surface area contributed by atoms with E-state index in [4.69, 9.17) is 31.0 Å². The molecule has 0 N–H and O–H groups in total. The molecule has 4 aromatic rings. The van der Waals surface area contributed by atoms with E-state index in [2.05, 4.69) is 14.9 Å². The zero-order valence-corrected chi connectivity index (χ0v) is 25.5. The number of hydrogen-bond donors (Lipinski definition) is 0. The molecule has 0 saturated carbocycles. The molecule has 7 rings (SSSR count). The molecule has 0 unspecified atom stereocenters. The van der Waals surface area contributed by atoms with Gasteiger partial charge in [0, 0.05) is 40.3 Å². The van der Waals surface area contributed by atoms with Crippen LogP contribution < -0.4 is 9.64 Å². The van der Waals surface area contributed by atoms with Crippen LogP contribution in [-0.4, -0.2) is 73.6 Å². The van der Waals surface area contributed by atoms with Gasteiger partial charge in [-0.25, -0.2) is 24.1 Å². The third kappa shape index (κ3) is 4.23. The number of halogens is 2. The standard InChI is InChI=1S/C30H30ClFN6O3S/c1-14-25-19-10-9-16(38(19)29(39)41-30(2,3)4)13-37(25)26-21-24(35-28(36-26)42-5)22(32)23(34-27(21)40-14)17-12-33-11-15-7-6-8-18(31)20(15)17/h6-8,11-12,14,16,19,25H,9-10,13H2,1-5H3/t14-,16+,19-,25+/m0/s1. The van der Waals surface area contributed by atoms with Crippen LogP contribution in [-0.2, 0) is 4.74 Å². The number of piperazine rings is 1. The third-order valence-corrected chi connectivity index (χ3v) is 9.11. The van der Waals surface area contributed by atoms with Gasteiger partial charge in [-0.1, -0.05) is 35.5 Å². The Kier molecular flexibility index (Phi) is 6.40. The molecule has 3 aliphatic heterocycles. The fourth-order valence-electron chi connectivity index (χ4n) is 6.66. The Morgan fingerprint density at radius 2 is 1.98 bits per heavy atom. The average molecular weight is 609 g/mol. The van der Waals surface area contributed by atoms with Crippen LogP contribution in [0.4, 0.5) is 15.0 Å². The molecule has 0 aliphatic carbocycles. The van der Waals surface area contributed by atoms with E-state index in [0.29, 0.717) is 38.9 Å². The Labute approximate surface area is 251 Å². The number of ether oxygens (including phenoxy) is 2. The molecule has 1 amide bonds. The minimum Gasteiger partial charge on any atom is -0.472 e. The van der Waals surface area contributed by atoms with Crippen molar-refractivity contribution in [2.45, 2.75) is 75.5 Å². The van der Waals surface area contributed by atoms with Crippen LogP contribution >= 0.6 is 23.4 Å². The second kappa shape index (κ2) is 9.80. The molecular weight excluding hydrogens is 579 g/mol. The van der Waals surface area contributed by atoms with Crippen molar-refractivity contribution >= 4 is 56.9 Å². The van der Waals surface area contributed by atoms with Gasteiger partial charge in [0.1, 0.15) is 34.1 Å². The summed E-state index contributed by atoms with van der Waals surface area (Å²) in [6, 6.07) is 4.97. The molecular formula is C30H30ClFN6O3S. The van der Waals surface area contributed by atoms with Gasteiger partial charge in [0.05, 0.1) is 18.1 Å². The number of rotatable bonds is 2. The van der Waals surface area contributed by atoms with Gasteiger partial charge in [-0.15, -0.1) is 0 Å². The van der Waals surface area contributed by atoms with E-state index >= 15 is 4.39 Å². The number of fused-ring (bicyclic) bond motifs is 6. The number of anilines is 1. The summed E-state index contributed by atoms with van der Waals surface area (Å²) in [5.41, 5.74) is 0.0270. The van der Waals surface area contributed by atoms with Crippen LogP contribution in [0.5, 0.6) is 5.88 Å². The van der Waals surface area contributed by atoms with Crippen molar-refractivity contribution in [1.82, 2.24) is 24.8 Å². The number of pyridine rings is 2. The summed E-state index contributed by atoms with van der Waals surface area (Å²) in [6.45, 7) is 8.09. The first-order valence-electron chi connectivity index (χ1n) is 14.0. The topological polar surface area (TPSA) is 93.6 Å². The van der Waals surface area contributed by atoms with Gasteiger partial charge in [-0.3, -0.25) is 9.88 Å². The van der Waals surface area contributed by atoms with Crippen molar-refractivity contribution in [3.8, 4) is 17.1 Å². The predicted octanol–water partition coefficient (Wildman–Crippen LogP) is 6.49. The molecule has 3 aliphatic rings. The molecule has 218 valence electrons. The van der Waals surface area contributed by atoms with E-state index in [-0.39, 0.29) is 41.3 Å². The molecule has 3 aromatic heterocycles. The van der Waals surface area contributed by atoms with Crippen molar-refractivity contribution in [2.24, 2.45) is 0 Å². The van der Waals surface area contributed by atoms with Crippen LogP contribution in [0.1, 0.15) is 40.5 Å². The van der Waals surface area contributed by atoms with E-state index in [1.54, 1.807) is 18.5 Å². The molecule has 12 heteroatoms. The molecule has 1 aromatic carbocycles. The molecule has 0 radical (unpaired) electrons. The zero-order valence-electron chi connectivity index (χ0n) is 23.9. The Balaban J connectivity index is 1.42. The van der Waals surface area contributed by atoms with Crippen molar-refractivity contribution in [1.29, 1.82) is 0 Å². The van der Waals surface area contributed by atoms with Crippen molar-refractivity contribution in [2.75, 3.05) is 17.7 Å². The van der Waals surface area contributed by atoms with Crippen LogP contribution in [0.15, 0.2) is 35.7 Å². The highest BCUT2D eigenvalue weighted by atomic mass is 35.5. The van der Waals surface area contributed by atoms with Gasteiger partial charge in [0.25, 0.3) is 0 Å². The highest BCUT2D eigenvalue weighted by molar-refractivity contribution is 7.98. The summed E-state index contributed by atoms with van der Waals surface area (Å²) >= 11 is 7.94. The van der Waals surface area contributed by atoms with E-state index in [9.17, 15) is 4.79 Å². The first-order chi connectivity index (χ1) is 20.1. The lowest BCUT2D eigenvalue weighted by Crippen LogP contribution is -2.65. The number of aromatic nitrogens is 4. The van der Waals surface area contributed by atoms with Crippen LogP contribution in [0, 0.1) is 5.82 Å². The lowest BCUT2D eigenvalue weighted by molar-refractivity contribution is 0.000953. The first kappa shape index (κ1) is 27.4. The van der Waals surface area contributed by atoms with E-state index in [0.717, 1.165) is 18.2 Å². The summed E-state index contributed by atoms with van der Waals surface area (Å²) in [5, 5.41) is 2.74. The Morgan fingerprint density at radius 3 is 2.74 bits per heavy atom. The van der Waals surface area contributed by atoms with Gasteiger partial charge in [0.15, 0.2) is 11.0 Å². The molecule has 9 nitrogen and oxygen atoms in total. The summed E-state index contributed by atoms with van der Waals surface area (Å²) in [5.74, 6) is 0.225. The highest BCUT2D eigenvalue weighted by Crippen LogP contribution is 2.47. The third-order valence-electron chi connectivity index (χ3n) is 8.25. The van der Waals surface area contributed by atoms with E-state index in [1.165, 1.54) is 11.8 Å². The number of benzene rings is 1. The van der Waals surface area contributed by atoms with Gasteiger partial charge in [-0.05, 0) is 52.9 Å². The number of nitrogens with zero attached hydrogens (tertiary/aromatic N) is 6. The largest absolute Gasteiger partial charge is 0.472 e. The smallest absolute Gasteiger partial charge is 0.410 e. The highest BCUT2D eigenvalue weighted by Gasteiger charge is 2.53. The Hall–Kier alpha value is -3.44. The molecule has 6 heterocycles. The number of carbonyl (C=O) groups excluding carboxylic acids is 1. The quantitative estimate of drug-likeness (QED) is 0.187. The fraction of sp³-hybridized carbons (Fsp3) is 0.433. The van der Waals surface area contributed by atoms with Crippen LogP contribution in [0.25, 0.3) is 32.9 Å². The van der Waals surface area contributed by atoms with Crippen LogP contribution in [0.2, 0.25) is 5.02 Å². The second-order valence-corrected chi connectivity index (χ2v) is 13.2. The number of hydrogen-bond acceptors (Lipinski definition) is 9. The SMILES string of the molecule is CSc1nc2c3c(nc(-c4cncc5cccc(Cl)c45)c(F)c3n1)O[C@@H](C)[C@@H]1[C@@H]3CC[C@H](CN21)N3C(=O)OC(C)(C)C. The van der Waals surface area contributed by atoms with E-state index in [1.807, 2.05) is 51.0 Å². The minimum atomic E-state index is -0.612. The van der Waals surface area contributed by atoms with Gasteiger partial charge in [0.2, 0.25) is 5.88 Å². The lowest BCUT2D eigenvalue weighted by Gasteiger charge is -2.48. The predicted molar refractivity (Wildman–Crippen MR) is 161 cm³/mol. The summed E-state index contributed by atoms with van der Waals surface area (Å²) in [6.07, 6.45) is 6.01. The number of carbonyl (C=O) groups is 1. The maximum atomic E-state index is 16.6. The summed E-state index contributed by atoms with van der Waals surface area (Å²) in [4.78, 5) is 36.0. The monoisotopic (exact) mass is 608 g/mol. The summed E-state index contributed by atoms with van der Waals surface area (Å²) in [7, 11) is 0.